The van der Waals surface area contributed by atoms with Crippen LogP contribution in [-0.4, -0.2) is 17.5 Å². The van der Waals surface area contributed by atoms with E-state index in [-0.39, 0.29) is 5.91 Å². The number of nitrogens with zero attached hydrogens (tertiary/aromatic N) is 1. The molecule has 0 unspecified atom stereocenters. The minimum Gasteiger partial charge on any atom is -0.501 e. The monoisotopic (exact) mass is 248 g/mol. The lowest BCUT2D eigenvalue weighted by molar-refractivity contribution is -0.114. The average molecular weight is 248 g/mol. The number of rotatable bonds is 6. The third kappa shape index (κ3) is 4.99. The van der Waals surface area contributed by atoms with Crippen molar-refractivity contribution in [3.05, 3.63) is 29.7 Å². The molecule has 98 valence electrons. The number of anilines is 1. The SMILES string of the molecule is CCCCO/C=C/c1ccc(NC(C)=O)nc1C. The van der Waals surface area contributed by atoms with E-state index < -0.39 is 0 Å². The Morgan fingerprint density at radius 1 is 1.50 bits per heavy atom. The Morgan fingerprint density at radius 3 is 2.89 bits per heavy atom. The summed E-state index contributed by atoms with van der Waals surface area (Å²) in [5.74, 6) is 0.456. The number of carbonyl (C=O) groups is 1. The van der Waals surface area contributed by atoms with Crippen molar-refractivity contribution in [1.29, 1.82) is 0 Å². The van der Waals surface area contributed by atoms with Crippen LogP contribution in [0.5, 0.6) is 0 Å². The fourth-order valence-electron chi connectivity index (χ4n) is 1.42. The minimum absolute atomic E-state index is 0.118. The number of nitrogens with one attached hydrogen (secondary N) is 1. The Bertz CT molecular complexity index is 428. The maximum atomic E-state index is 10.9. The molecule has 1 heterocycles. The van der Waals surface area contributed by atoms with Crippen LogP contribution in [0.15, 0.2) is 18.4 Å². The molecule has 4 nitrogen and oxygen atoms in total. The minimum atomic E-state index is -0.118. The maximum Gasteiger partial charge on any atom is 0.222 e. The number of ether oxygens (including phenoxy) is 1. The van der Waals surface area contributed by atoms with Gasteiger partial charge in [-0.2, -0.15) is 0 Å². The molecule has 0 aliphatic carbocycles. The molecule has 4 heteroatoms. The molecule has 1 N–H and O–H groups in total. The van der Waals surface area contributed by atoms with Crippen LogP contribution in [0.25, 0.3) is 6.08 Å². The lowest BCUT2D eigenvalue weighted by Crippen LogP contribution is -2.08. The number of aryl methyl sites for hydroxylation is 1. The van der Waals surface area contributed by atoms with E-state index in [0.717, 1.165) is 30.7 Å². The molecule has 18 heavy (non-hydrogen) atoms. The molecule has 0 aromatic carbocycles. The Kier molecular flexibility index (Phi) is 5.91. The molecule has 0 radical (unpaired) electrons. The number of amides is 1. The predicted molar refractivity (Wildman–Crippen MR) is 73.2 cm³/mol. The molecule has 0 fully saturated rings. The molecule has 0 saturated heterocycles. The highest BCUT2D eigenvalue weighted by atomic mass is 16.5. The molecule has 0 saturated carbocycles. The van der Waals surface area contributed by atoms with Gasteiger partial charge in [0.15, 0.2) is 0 Å². The van der Waals surface area contributed by atoms with Gasteiger partial charge in [0.2, 0.25) is 5.91 Å². The summed E-state index contributed by atoms with van der Waals surface area (Å²) >= 11 is 0. The van der Waals surface area contributed by atoms with Crippen LogP contribution in [0.4, 0.5) is 5.82 Å². The zero-order valence-electron chi connectivity index (χ0n) is 11.2. The van der Waals surface area contributed by atoms with E-state index in [0.29, 0.717) is 5.82 Å². The molecule has 0 spiro atoms. The van der Waals surface area contributed by atoms with E-state index in [9.17, 15) is 4.79 Å². The van der Waals surface area contributed by atoms with Gasteiger partial charge in [0, 0.05) is 12.6 Å². The molecule has 1 rings (SSSR count). The predicted octanol–water partition coefficient (Wildman–Crippen LogP) is 3.14. The van der Waals surface area contributed by atoms with Crippen LogP contribution in [0.1, 0.15) is 37.9 Å². The third-order valence-electron chi connectivity index (χ3n) is 2.39. The lowest BCUT2D eigenvalue weighted by atomic mass is 10.2. The van der Waals surface area contributed by atoms with Crippen molar-refractivity contribution < 1.29 is 9.53 Å². The van der Waals surface area contributed by atoms with Gasteiger partial charge in [-0.05, 0) is 37.1 Å². The largest absolute Gasteiger partial charge is 0.501 e. The number of hydrogen-bond donors (Lipinski definition) is 1. The van der Waals surface area contributed by atoms with Crippen LogP contribution in [-0.2, 0) is 9.53 Å². The highest BCUT2D eigenvalue weighted by Gasteiger charge is 2.00. The zero-order chi connectivity index (χ0) is 13.4. The van der Waals surface area contributed by atoms with E-state index >= 15 is 0 Å². The van der Waals surface area contributed by atoms with E-state index in [1.165, 1.54) is 6.92 Å². The number of aromatic nitrogens is 1. The summed E-state index contributed by atoms with van der Waals surface area (Å²) < 4.78 is 5.35. The fraction of sp³-hybridized carbons (Fsp3) is 0.429. The Morgan fingerprint density at radius 2 is 2.28 bits per heavy atom. The second-order valence-corrected chi connectivity index (χ2v) is 4.08. The van der Waals surface area contributed by atoms with Crippen molar-refractivity contribution in [2.75, 3.05) is 11.9 Å². The first-order valence-electron chi connectivity index (χ1n) is 6.17. The standard InChI is InChI=1S/C14H20N2O2/c1-4-5-9-18-10-8-13-6-7-14(15-11(13)2)16-12(3)17/h6-8,10H,4-5,9H2,1-3H3,(H,15,16,17)/b10-8+. The quantitative estimate of drug-likeness (QED) is 0.621. The first-order valence-corrected chi connectivity index (χ1v) is 6.17. The van der Waals surface area contributed by atoms with Gasteiger partial charge in [-0.15, -0.1) is 0 Å². The van der Waals surface area contributed by atoms with E-state index in [4.69, 9.17) is 4.74 Å². The van der Waals surface area contributed by atoms with Crippen LogP contribution >= 0.6 is 0 Å². The van der Waals surface area contributed by atoms with Crippen molar-refractivity contribution in [3.8, 4) is 0 Å². The first kappa shape index (κ1) is 14.2. The highest BCUT2D eigenvalue weighted by Crippen LogP contribution is 2.12. The van der Waals surface area contributed by atoms with Gasteiger partial charge < -0.3 is 10.1 Å². The number of pyridine rings is 1. The Balaban J connectivity index is 2.59. The second-order valence-electron chi connectivity index (χ2n) is 4.08. The third-order valence-corrected chi connectivity index (χ3v) is 2.39. The molecule has 0 aliphatic heterocycles. The summed E-state index contributed by atoms with van der Waals surface area (Å²) in [6.45, 7) is 6.23. The molecule has 1 aromatic heterocycles. The van der Waals surface area contributed by atoms with Crippen LogP contribution in [0.2, 0.25) is 0 Å². The van der Waals surface area contributed by atoms with Crippen LogP contribution < -0.4 is 5.32 Å². The zero-order valence-corrected chi connectivity index (χ0v) is 11.2. The molecule has 1 amide bonds. The van der Waals surface area contributed by atoms with E-state index in [1.807, 2.05) is 19.1 Å². The molecule has 1 aromatic rings. The molecule has 0 aliphatic rings. The summed E-state index contributed by atoms with van der Waals surface area (Å²) in [5.41, 5.74) is 1.84. The summed E-state index contributed by atoms with van der Waals surface area (Å²) in [6.07, 6.45) is 5.76. The van der Waals surface area contributed by atoms with Gasteiger partial charge in [-0.25, -0.2) is 4.98 Å². The Labute approximate surface area is 108 Å². The van der Waals surface area contributed by atoms with Crippen molar-refractivity contribution in [1.82, 2.24) is 4.98 Å². The van der Waals surface area contributed by atoms with Crippen molar-refractivity contribution >= 4 is 17.8 Å². The molecule has 0 atom stereocenters. The normalized spacial score (nSPS) is 10.6. The summed E-state index contributed by atoms with van der Waals surface area (Å²) in [5, 5.41) is 2.65. The van der Waals surface area contributed by atoms with Gasteiger partial charge in [0.1, 0.15) is 5.82 Å². The average Bonchev–Trinajstić information content (AvgIpc) is 2.30. The van der Waals surface area contributed by atoms with Gasteiger partial charge in [-0.3, -0.25) is 4.79 Å². The molecule has 0 bridgehead atoms. The summed E-state index contributed by atoms with van der Waals surface area (Å²) in [4.78, 5) is 15.2. The summed E-state index contributed by atoms with van der Waals surface area (Å²) in [6, 6.07) is 3.69. The lowest BCUT2D eigenvalue weighted by Gasteiger charge is -2.05. The topological polar surface area (TPSA) is 51.2 Å². The van der Waals surface area contributed by atoms with Crippen molar-refractivity contribution in [2.45, 2.75) is 33.6 Å². The van der Waals surface area contributed by atoms with Gasteiger partial charge >= 0.3 is 0 Å². The molecular weight excluding hydrogens is 228 g/mol. The smallest absolute Gasteiger partial charge is 0.222 e. The fourth-order valence-corrected chi connectivity index (χ4v) is 1.42. The summed E-state index contributed by atoms with van der Waals surface area (Å²) in [7, 11) is 0. The van der Waals surface area contributed by atoms with Crippen LogP contribution in [0, 0.1) is 6.92 Å². The maximum absolute atomic E-state index is 10.9. The van der Waals surface area contributed by atoms with Gasteiger partial charge in [0.25, 0.3) is 0 Å². The van der Waals surface area contributed by atoms with Crippen molar-refractivity contribution in [2.24, 2.45) is 0 Å². The number of carbonyl (C=O) groups excluding carboxylic acids is 1. The number of hydrogen-bond acceptors (Lipinski definition) is 3. The van der Waals surface area contributed by atoms with Gasteiger partial charge in [0.05, 0.1) is 12.9 Å². The van der Waals surface area contributed by atoms with Crippen molar-refractivity contribution in [3.63, 3.8) is 0 Å². The van der Waals surface area contributed by atoms with Gasteiger partial charge in [-0.1, -0.05) is 13.3 Å². The van der Waals surface area contributed by atoms with E-state index in [2.05, 4.69) is 17.2 Å². The number of unbranched alkanes of at least 4 members (excludes halogenated alkanes) is 1. The first-order chi connectivity index (χ1) is 8.63. The van der Waals surface area contributed by atoms with E-state index in [1.54, 1.807) is 12.3 Å². The van der Waals surface area contributed by atoms with Crippen LogP contribution in [0.3, 0.4) is 0 Å². The Hall–Kier alpha value is -1.84. The second kappa shape index (κ2) is 7.48. The molecular formula is C14H20N2O2. The highest BCUT2D eigenvalue weighted by molar-refractivity contribution is 5.87.